The second-order valence-corrected chi connectivity index (χ2v) is 5.76. The minimum absolute atomic E-state index is 0.178. The summed E-state index contributed by atoms with van der Waals surface area (Å²) in [6.45, 7) is 3.14. The molecule has 0 aliphatic heterocycles. The number of carbonyl (C=O) groups excluding carboxylic acids is 2. The van der Waals surface area contributed by atoms with Crippen LogP contribution in [-0.4, -0.2) is 33.6 Å². The zero-order valence-electron chi connectivity index (χ0n) is 12.7. The number of ketones is 1. The summed E-state index contributed by atoms with van der Waals surface area (Å²) in [6.07, 6.45) is 0. The van der Waals surface area contributed by atoms with Crippen molar-refractivity contribution < 1.29 is 14.3 Å². The van der Waals surface area contributed by atoms with Gasteiger partial charge >= 0.3 is 5.97 Å². The van der Waals surface area contributed by atoms with Gasteiger partial charge in [0.25, 0.3) is 5.56 Å². The highest BCUT2D eigenvalue weighted by Gasteiger charge is 2.27. The number of carbonyl (C=O) groups is 2. The number of aromatic amines is 1. The van der Waals surface area contributed by atoms with E-state index in [1.165, 1.54) is 13.0 Å². The number of hydrogen-bond donors (Lipinski definition) is 1. The summed E-state index contributed by atoms with van der Waals surface area (Å²) >= 11 is 0.877. The van der Waals surface area contributed by atoms with Crippen molar-refractivity contribution in [2.24, 2.45) is 0 Å². The molecule has 1 N–H and O–H groups in total. The average Bonchev–Trinajstić information content (AvgIpc) is 2.53. The number of Topliss-reactive ketones (excluding diaryl/α,β-unsaturated/α-hetero) is 1. The third-order valence-corrected chi connectivity index (χ3v) is 4.07. The van der Waals surface area contributed by atoms with Crippen molar-refractivity contribution in [2.45, 2.75) is 24.3 Å². The van der Waals surface area contributed by atoms with Gasteiger partial charge in [-0.2, -0.15) is 0 Å². The van der Waals surface area contributed by atoms with Crippen LogP contribution in [0.3, 0.4) is 0 Å². The van der Waals surface area contributed by atoms with Crippen LogP contribution in [0.4, 0.5) is 0 Å². The van der Waals surface area contributed by atoms with Gasteiger partial charge < -0.3 is 9.72 Å². The number of esters is 1. The van der Waals surface area contributed by atoms with Crippen molar-refractivity contribution in [3.05, 3.63) is 46.8 Å². The first kappa shape index (κ1) is 17.0. The van der Waals surface area contributed by atoms with Crippen LogP contribution in [0.15, 0.2) is 46.3 Å². The molecule has 0 unspecified atom stereocenters. The Morgan fingerprint density at radius 3 is 2.61 bits per heavy atom. The molecule has 1 atom stereocenters. The first-order valence-corrected chi connectivity index (χ1v) is 7.89. The molecule has 23 heavy (non-hydrogen) atoms. The number of hydrogen-bond acceptors (Lipinski definition) is 6. The third kappa shape index (κ3) is 4.53. The van der Waals surface area contributed by atoms with Crippen LogP contribution in [0.1, 0.15) is 13.8 Å². The largest absolute Gasteiger partial charge is 0.465 e. The van der Waals surface area contributed by atoms with Crippen molar-refractivity contribution in [3.63, 3.8) is 0 Å². The van der Waals surface area contributed by atoms with E-state index >= 15 is 0 Å². The zero-order valence-corrected chi connectivity index (χ0v) is 13.6. The molecule has 2 rings (SSSR count). The Labute approximate surface area is 137 Å². The van der Waals surface area contributed by atoms with Gasteiger partial charge in [-0.1, -0.05) is 42.1 Å². The molecule has 0 aliphatic carbocycles. The Bertz CT molecular complexity index is 758. The summed E-state index contributed by atoms with van der Waals surface area (Å²) in [5.41, 5.74) is 0.895. The highest BCUT2D eigenvalue weighted by atomic mass is 32.2. The van der Waals surface area contributed by atoms with Crippen LogP contribution in [0.5, 0.6) is 0 Å². The lowest BCUT2D eigenvalue weighted by Gasteiger charge is -2.12. The normalized spacial score (nSPS) is 11.7. The zero-order chi connectivity index (χ0) is 16.8. The molecule has 0 radical (unpaired) electrons. The molecule has 0 spiro atoms. The number of nitrogens with zero attached hydrogens (tertiary/aromatic N) is 1. The van der Waals surface area contributed by atoms with E-state index in [1.54, 1.807) is 6.92 Å². The summed E-state index contributed by atoms with van der Waals surface area (Å²) in [5, 5.41) is -0.853. The highest BCUT2D eigenvalue weighted by molar-refractivity contribution is 8.01. The minimum Gasteiger partial charge on any atom is -0.465 e. The average molecular weight is 332 g/mol. The molecule has 0 fully saturated rings. The van der Waals surface area contributed by atoms with Crippen LogP contribution in [-0.2, 0) is 14.3 Å². The van der Waals surface area contributed by atoms with Gasteiger partial charge in [-0.05, 0) is 13.8 Å². The Kier molecular flexibility index (Phi) is 5.70. The quantitative estimate of drug-likeness (QED) is 0.377. The van der Waals surface area contributed by atoms with E-state index in [2.05, 4.69) is 9.97 Å². The predicted molar refractivity (Wildman–Crippen MR) is 87.3 cm³/mol. The molecule has 1 aromatic heterocycles. The van der Waals surface area contributed by atoms with Crippen LogP contribution in [0.25, 0.3) is 11.3 Å². The lowest BCUT2D eigenvalue weighted by molar-refractivity contribution is -0.144. The number of nitrogens with one attached hydrogen (secondary N) is 1. The van der Waals surface area contributed by atoms with E-state index < -0.39 is 11.2 Å². The molecule has 2 aromatic rings. The number of benzene rings is 1. The maximum absolute atomic E-state index is 11.8. The van der Waals surface area contributed by atoms with Crippen molar-refractivity contribution in [3.8, 4) is 11.3 Å². The van der Waals surface area contributed by atoms with Crippen molar-refractivity contribution in [2.75, 3.05) is 6.61 Å². The molecular formula is C16H16N2O4S. The molecule has 120 valence electrons. The first-order chi connectivity index (χ1) is 11.0. The standard InChI is InChI=1S/C16H16N2O4S/c1-3-22-15(21)14(10(2)19)23-16-17-12(9-13(20)18-16)11-7-5-4-6-8-11/h4-9,14H,3H2,1-2H3,(H,17,18,20)/t14-/m0/s1. The van der Waals surface area contributed by atoms with Crippen molar-refractivity contribution >= 4 is 23.5 Å². The first-order valence-electron chi connectivity index (χ1n) is 7.01. The molecule has 0 bridgehead atoms. The van der Waals surface area contributed by atoms with Crippen LogP contribution < -0.4 is 5.56 Å². The molecule has 0 amide bonds. The fourth-order valence-electron chi connectivity index (χ4n) is 1.87. The van der Waals surface area contributed by atoms with Crippen LogP contribution >= 0.6 is 11.8 Å². The second-order valence-electron chi connectivity index (χ2n) is 4.66. The molecule has 1 aromatic carbocycles. The summed E-state index contributed by atoms with van der Waals surface area (Å²) < 4.78 is 4.88. The predicted octanol–water partition coefficient (Wildman–Crippen LogP) is 2.05. The molecule has 0 aliphatic rings. The van der Waals surface area contributed by atoms with Gasteiger partial charge in [0, 0.05) is 11.6 Å². The molecular weight excluding hydrogens is 316 g/mol. The van der Waals surface area contributed by atoms with Gasteiger partial charge in [0.2, 0.25) is 0 Å². The van der Waals surface area contributed by atoms with Crippen molar-refractivity contribution in [1.29, 1.82) is 0 Å². The van der Waals surface area contributed by atoms with E-state index in [0.29, 0.717) is 5.69 Å². The fraction of sp³-hybridized carbons (Fsp3) is 0.250. The lowest BCUT2D eigenvalue weighted by Crippen LogP contribution is -2.27. The number of ether oxygens (including phenoxy) is 1. The fourth-order valence-corrected chi connectivity index (χ4v) is 2.74. The lowest BCUT2D eigenvalue weighted by atomic mass is 10.1. The summed E-state index contributed by atoms with van der Waals surface area (Å²) in [7, 11) is 0. The van der Waals surface area contributed by atoms with Gasteiger partial charge in [0.1, 0.15) is 0 Å². The molecule has 6 nitrogen and oxygen atoms in total. The monoisotopic (exact) mass is 332 g/mol. The minimum atomic E-state index is -1.05. The van der Waals surface area contributed by atoms with Gasteiger partial charge in [0.15, 0.2) is 16.2 Å². The van der Waals surface area contributed by atoms with Crippen LogP contribution in [0.2, 0.25) is 0 Å². The summed E-state index contributed by atoms with van der Waals surface area (Å²) in [5.74, 6) is -1.00. The van der Waals surface area contributed by atoms with Gasteiger partial charge in [-0.15, -0.1) is 0 Å². The Balaban J connectivity index is 2.32. The summed E-state index contributed by atoms with van der Waals surface area (Å²) in [6, 6.07) is 10.5. The maximum Gasteiger partial charge on any atom is 0.327 e. The van der Waals surface area contributed by atoms with Crippen molar-refractivity contribution in [1.82, 2.24) is 9.97 Å². The highest BCUT2D eigenvalue weighted by Crippen LogP contribution is 2.23. The molecule has 7 heteroatoms. The Morgan fingerprint density at radius 1 is 1.30 bits per heavy atom. The SMILES string of the molecule is CCOC(=O)[C@@H](Sc1nc(-c2ccccc2)cc(=O)[nH]1)C(C)=O. The van der Waals surface area contributed by atoms with Gasteiger partial charge in [0.05, 0.1) is 12.3 Å². The van der Waals surface area contributed by atoms with E-state index in [1.807, 2.05) is 30.3 Å². The molecule has 0 saturated carbocycles. The topological polar surface area (TPSA) is 89.1 Å². The number of thioether (sulfide) groups is 1. The number of rotatable bonds is 6. The Morgan fingerprint density at radius 2 is 2.00 bits per heavy atom. The maximum atomic E-state index is 11.8. The van der Waals surface area contributed by atoms with E-state index in [4.69, 9.17) is 4.74 Å². The number of H-pyrrole nitrogens is 1. The van der Waals surface area contributed by atoms with E-state index in [0.717, 1.165) is 17.3 Å². The van der Waals surface area contributed by atoms with E-state index in [-0.39, 0.29) is 23.1 Å². The van der Waals surface area contributed by atoms with E-state index in [9.17, 15) is 14.4 Å². The van der Waals surface area contributed by atoms with Gasteiger partial charge in [-0.25, -0.2) is 4.98 Å². The smallest absolute Gasteiger partial charge is 0.327 e. The number of aromatic nitrogens is 2. The van der Waals surface area contributed by atoms with Gasteiger partial charge in [-0.3, -0.25) is 14.4 Å². The molecule has 0 saturated heterocycles. The Hall–Kier alpha value is -2.41. The second kappa shape index (κ2) is 7.73. The van der Waals surface area contributed by atoms with Crippen LogP contribution in [0, 0.1) is 0 Å². The third-order valence-electron chi connectivity index (χ3n) is 2.89. The molecule has 1 heterocycles. The summed E-state index contributed by atoms with van der Waals surface area (Å²) in [4.78, 5) is 42.2.